The third-order valence-electron chi connectivity index (χ3n) is 4.10. The van der Waals surface area contributed by atoms with Gasteiger partial charge in [0.1, 0.15) is 5.82 Å². The highest BCUT2D eigenvalue weighted by Crippen LogP contribution is 2.39. The molecule has 2 unspecified atom stereocenters. The number of benzene rings is 1. The van der Waals surface area contributed by atoms with Crippen LogP contribution in [0.4, 0.5) is 4.39 Å². The second-order valence-electron chi connectivity index (χ2n) is 5.71. The average Bonchev–Trinajstić information content (AvgIpc) is 3.22. The largest absolute Gasteiger partial charge is 0.313 e. The number of nitrogens with one attached hydrogen (secondary N) is 1. The first-order valence-electron chi connectivity index (χ1n) is 7.29. The third kappa shape index (κ3) is 4.28. The molecule has 0 heterocycles. The van der Waals surface area contributed by atoms with Crippen LogP contribution in [0.1, 0.15) is 38.7 Å². The number of hydrogen-bond acceptors (Lipinski definition) is 1. The van der Waals surface area contributed by atoms with Crippen LogP contribution < -0.4 is 5.32 Å². The van der Waals surface area contributed by atoms with Crippen molar-refractivity contribution in [3.05, 3.63) is 34.1 Å². The molecule has 0 radical (unpaired) electrons. The zero-order valence-corrected chi connectivity index (χ0v) is 13.3. The van der Waals surface area contributed by atoms with E-state index >= 15 is 0 Å². The van der Waals surface area contributed by atoms with E-state index in [4.69, 9.17) is 0 Å². The number of halogens is 2. The van der Waals surface area contributed by atoms with Gasteiger partial charge in [0, 0.05) is 6.04 Å². The topological polar surface area (TPSA) is 12.0 Å². The molecule has 19 heavy (non-hydrogen) atoms. The first kappa shape index (κ1) is 15.0. The van der Waals surface area contributed by atoms with Crippen LogP contribution in [0.2, 0.25) is 0 Å². The first-order valence-corrected chi connectivity index (χ1v) is 8.08. The molecule has 1 aliphatic carbocycles. The minimum Gasteiger partial charge on any atom is -0.313 e. The molecule has 2 atom stereocenters. The van der Waals surface area contributed by atoms with E-state index in [9.17, 15) is 4.39 Å². The smallest absolute Gasteiger partial charge is 0.137 e. The summed E-state index contributed by atoms with van der Waals surface area (Å²) in [5, 5.41) is 3.66. The summed E-state index contributed by atoms with van der Waals surface area (Å²) in [6.45, 7) is 5.61. The second-order valence-corrected chi connectivity index (χ2v) is 6.56. The fraction of sp³-hybridized carbons (Fsp3) is 0.625. The Balaban J connectivity index is 2.02. The van der Waals surface area contributed by atoms with E-state index in [1.165, 1.54) is 18.4 Å². The van der Waals surface area contributed by atoms with Crippen LogP contribution in [0.15, 0.2) is 22.7 Å². The standard InChI is InChI=1S/C16H23BrFN/c1-3-8-19-16(11(2)13-5-6-13)10-12-4-7-15(18)14(17)9-12/h4,7,9,11,13,16,19H,3,5-6,8,10H2,1-2H3. The Labute approximate surface area is 124 Å². The van der Waals surface area contributed by atoms with Gasteiger partial charge in [-0.1, -0.05) is 19.9 Å². The van der Waals surface area contributed by atoms with Gasteiger partial charge in [-0.05, 0) is 77.7 Å². The molecule has 1 aromatic rings. The molecule has 0 bridgehead atoms. The molecule has 3 heteroatoms. The van der Waals surface area contributed by atoms with Crippen LogP contribution >= 0.6 is 15.9 Å². The highest BCUT2D eigenvalue weighted by atomic mass is 79.9. The van der Waals surface area contributed by atoms with Crippen molar-refractivity contribution in [2.75, 3.05) is 6.54 Å². The van der Waals surface area contributed by atoms with E-state index < -0.39 is 0 Å². The maximum absolute atomic E-state index is 13.3. The Morgan fingerprint density at radius 1 is 1.42 bits per heavy atom. The summed E-state index contributed by atoms with van der Waals surface area (Å²) in [4.78, 5) is 0. The predicted molar refractivity (Wildman–Crippen MR) is 81.8 cm³/mol. The Morgan fingerprint density at radius 2 is 2.16 bits per heavy atom. The van der Waals surface area contributed by atoms with Crippen molar-refractivity contribution in [1.29, 1.82) is 0 Å². The molecule has 1 N–H and O–H groups in total. The third-order valence-corrected chi connectivity index (χ3v) is 4.70. The van der Waals surface area contributed by atoms with Crippen LogP contribution in [-0.4, -0.2) is 12.6 Å². The first-order chi connectivity index (χ1) is 9.11. The SMILES string of the molecule is CCCNC(Cc1ccc(F)c(Br)c1)C(C)C1CC1. The van der Waals surface area contributed by atoms with Crippen molar-refractivity contribution >= 4 is 15.9 Å². The Bertz CT molecular complexity index is 417. The number of rotatable bonds is 7. The van der Waals surface area contributed by atoms with Crippen molar-refractivity contribution in [2.45, 2.75) is 45.6 Å². The van der Waals surface area contributed by atoms with Gasteiger partial charge in [0.15, 0.2) is 0 Å². The lowest BCUT2D eigenvalue weighted by atomic mass is 9.91. The Kier molecular flexibility index (Phi) is 5.40. The minimum atomic E-state index is -0.183. The molecule has 0 amide bonds. The highest BCUT2D eigenvalue weighted by molar-refractivity contribution is 9.10. The monoisotopic (exact) mass is 327 g/mol. The maximum atomic E-state index is 13.3. The minimum absolute atomic E-state index is 0.183. The lowest BCUT2D eigenvalue weighted by Crippen LogP contribution is -2.38. The van der Waals surface area contributed by atoms with Gasteiger partial charge >= 0.3 is 0 Å². The van der Waals surface area contributed by atoms with Crippen LogP contribution in [0.5, 0.6) is 0 Å². The van der Waals surface area contributed by atoms with Gasteiger partial charge in [-0.15, -0.1) is 0 Å². The summed E-state index contributed by atoms with van der Waals surface area (Å²) in [5.41, 5.74) is 1.20. The second kappa shape index (κ2) is 6.85. The molecule has 1 aromatic carbocycles. The normalized spacial score (nSPS) is 18.3. The Morgan fingerprint density at radius 3 is 2.74 bits per heavy atom. The van der Waals surface area contributed by atoms with Crippen molar-refractivity contribution in [3.63, 3.8) is 0 Å². The summed E-state index contributed by atoms with van der Waals surface area (Å²) >= 11 is 3.27. The molecule has 0 aromatic heterocycles. The van der Waals surface area contributed by atoms with Crippen LogP contribution in [0, 0.1) is 17.7 Å². The lowest BCUT2D eigenvalue weighted by Gasteiger charge is -2.25. The van der Waals surface area contributed by atoms with Crippen molar-refractivity contribution in [3.8, 4) is 0 Å². The van der Waals surface area contributed by atoms with Gasteiger partial charge in [-0.3, -0.25) is 0 Å². The van der Waals surface area contributed by atoms with Crippen molar-refractivity contribution in [2.24, 2.45) is 11.8 Å². The van der Waals surface area contributed by atoms with Crippen molar-refractivity contribution in [1.82, 2.24) is 5.32 Å². The molecule has 1 nitrogen and oxygen atoms in total. The summed E-state index contributed by atoms with van der Waals surface area (Å²) in [6.07, 6.45) is 4.88. The van der Waals surface area contributed by atoms with E-state index in [0.29, 0.717) is 16.4 Å². The van der Waals surface area contributed by atoms with Gasteiger partial charge in [0.25, 0.3) is 0 Å². The fourth-order valence-corrected chi connectivity index (χ4v) is 3.07. The van der Waals surface area contributed by atoms with E-state index in [1.807, 2.05) is 12.1 Å². The zero-order chi connectivity index (χ0) is 13.8. The summed E-state index contributed by atoms with van der Waals surface area (Å²) in [7, 11) is 0. The summed E-state index contributed by atoms with van der Waals surface area (Å²) in [6, 6.07) is 5.87. The maximum Gasteiger partial charge on any atom is 0.137 e. The predicted octanol–water partition coefficient (Wildman–Crippen LogP) is 4.55. The number of hydrogen-bond donors (Lipinski definition) is 1. The molecule has 0 spiro atoms. The zero-order valence-electron chi connectivity index (χ0n) is 11.8. The highest BCUT2D eigenvalue weighted by Gasteiger charge is 2.32. The van der Waals surface area contributed by atoms with E-state index in [-0.39, 0.29) is 5.82 Å². The van der Waals surface area contributed by atoms with Crippen molar-refractivity contribution < 1.29 is 4.39 Å². The molecule has 1 aliphatic rings. The molecule has 0 aliphatic heterocycles. The van der Waals surface area contributed by atoms with E-state index in [1.54, 1.807) is 6.07 Å². The molecule has 1 saturated carbocycles. The quantitative estimate of drug-likeness (QED) is 0.774. The van der Waals surface area contributed by atoms with E-state index in [0.717, 1.165) is 25.3 Å². The molecule has 2 rings (SSSR count). The van der Waals surface area contributed by atoms with Gasteiger partial charge in [0.05, 0.1) is 4.47 Å². The average molecular weight is 328 g/mol. The molecular formula is C16H23BrFN. The summed E-state index contributed by atoms with van der Waals surface area (Å²) in [5.74, 6) is 1.41. The van der Waals surface area contributed by atoms with Crippen LogP contribution in [0.25, 0.3) is 0 Å². The van der Waals surface area contributed by atoms with Crippen LogP contribution in [-0.2, 0) is 6.42 Å². The fourth-order valence-electron chi connectivity index (χ4n) is 2.64. The van der Waals surface area contributed by atoms with E-state index in [2.05, 4.69) is 35.1 Å². The summed E-state index contributed by atoms with van der Waals surface area (Å²) < 4.78 is 13.8. The lowest BCUT2D eigenvalue weighted by molar-refractivity contribution is 0.339. The van der Waals surface area contributed by atoms with Gasteiger partial charge in [0.2, 0.25) is 0 Å². The molecule has 1 fully saturated rings. The molecular weight excluding hydrogens is 305 g/mol. The van der Waals surface area contributed by atoms with Gasteiger partial charge < -0.3 is 5.32 Å². The van der Waals surface area contributed by atoms with Gasteiger partial charge in [-0.2, -0.15) is 0 Å². The molecule has 0 saturated heterocycles. The Hall–Kier alpha value is -0.410. The molecule has 106 valence electrons. The van der Waals surface area contributed by atoms with Crippen LogP contribution in [0.3, 0.4) is 0 Å². The van der Waals surface area contributed by atoms with Gasteiger partial charge in [-0.25, -0.2) is 4.39 Å².